The van der Waals surface area contributed by atoms with Crippen LogP contribution in [0.15, 0.2) is 48.5 Å². The molecule has 2 heterocycles. The second kappa shape index (κ2) is 8.47. The van der Waals surface area contributed by atoms with E-state index in [1.165, 1.54) is 6.42 Å². The van der Waals surface area contributed by atoms with Crippen molar-refractivity contribution in [3.8, 4) is 0 Å². The number of amides is 2. The molecule has 1 aliphatic rings. The van der Waals surface area contributed by atoms with Crippen molar-refractivity contribution < 1.29 is 4.79 Å². The molecule has 150 valence electrons. The maximum absolute atomic E-state index is 13.2. The smallest absolute Gasteiger partial charge is 0.313 e. The first-order valence-corrected chi connectivity index (χ1v) is 10.2. The largest absolute Gasteiger partial charge is 0.326 e. The van der Waals surface area contributed by atoms with Gasteiger partial charge < -0.3 is 9.88 Å². The quantitative estimate of drug-likeness (QED) is 0.693. The van der Waals surface area contributed by atoms with Crippen LogP contribution in [0.1, 0.15) is 42.0 Å². The number of nitrogens with zero attached hydrogens (tertiary/aromatic N) is 4. The number of carbonyl (C=O) groups is 1. The molecule has 1 N–H and O–H groups in total. The highest BCUT2D eigenvalue weighted by Gasteiger charge is 2.22. The van der Waals surface area contributed by atoms with Crippen LogP contribution in [0.2, 0.25) is 0 Å². The van der Waals surface area contributed by atoms with Crippen molar-refractivity contribution in [2.45, 2.75) is 52.6 Å². The predicted molar refractivity (Wildman–Crippen MR) is 115 cm³/mol. The number of hydrogen-bond donors (Lipinski definition) is 1. The molecule has 0 atom stereocenters. The first-order chi connectivity index (χ1) is 14.1. The van der Waals surface area contributed by atoms with Gasteiger partial charge in [0.2, 0.25) is 0 Å². The summed E-state index contributed by atoms with van der Waals surface area (Å²) in [4.78, 5) is 15.0. The minimum atomic E-state index is -0.176. The monoisotopic (exact) mass is 389 g/mol. The van der Waals surface area contributed by atoms with Gasteiger partial charge in [-0.1, -0.05) is 36.2 Å². The summed E-state index contributed by atoms with van der Waals surface area (Å²) in [5.74, 6) is 1.86. The minimum absolute atomic E-state index is 0.176. The average molecular weight is 390 g/mol. The maximum atomic E-state index is 13.2. The highest BCUT2D eigenvalue weighted by atomic mass is 16.2. The van der Waals surface area contributed by atoms with Crippen LogP contribution in [-0.2, 0) is 19.5 Å². The number of carbonyl (C=O) groups excluding carboxylic acids is 1. The van der Waals surface area contributed by atoms with E-state index in [-0.39, 0.29) is 6.03 Å². The van der Waals surface area contributed by atoms with Crippen LogP contribution in [-0.4, -0.2) is 20.8 Å². The third kappa shape index (κ3) is 4.47. The number of hydrogen-bond acceptors (Lipinski definition) is 3. The Bertz CT molecular complexity index is 993. The van der Waals surface area contributed by atoms with Crippen molar-refractivity contribution in [2.24, 2.45) is 0 Å². The van der Waals surface area contributed by atoms with Gasteiger partial charge in [0.05, 0.1) is 6.54 Å². The number of aryl methyl sites for hydroxylation is 3. The summed E-state index contributed by atoms with van der Waals surface area (Å²) in [6.45, 7) is 5.35. The lowest BCUT2D eigenvalue weighted by Gasteiger charge is -2.23. The molecular weight excluding hydrogens is 362 g/mol. The summed E-state index contributed by atoms with van der Waals surface area (Å²) < 4.78 is 2.19. The molecule has 29 heavy (non-hydrogen) atoms. The Morgan fingerprint density at radius 2 is 1.86 bits per heavy atom. The summed E-state index contributed by atoms with van der Waals surface area (Å²) in [5.41, 5.74) is 3.88. The number of anilines is 2. The zero-order valence-corrected chi connectivity index (χ0v) is 17.1. The molecule has 3 aromatic rings. The van der Waals surface area contributed by atoms with E-state index in [1.54, 1.807) is 4.90 Å². The van der Waals surface area contributed by atoms with Crippen LogP contribution < -0.4 is 10.2 Å². The third-order valence-corrected chi connectivity index (χ3v) is 5.35. The van der Waals surface area contributed by atoms with E-state index in [2.05, 4.69) is 20.1 Å². The number of aromatic nitrogens is 3. The Morgan fingerprint density at radius 3 is 2.66 bits per heavy atom. The second-order valence-corrected chi connectivity index (χ2v) is 7.72. The van der Waals surface area contributed by atoms with E-state index >= 15 is 0 Å². The molecular formula is C23H27N5O. The van der Waals surface area contributed by atoms with Crippen LogP contribution in [0.3, 0.4) is 0 Å². The molecule has 2 amide bonds. The third-order valence-electron chi connectivity index (χ3n) is 5.35. The molecule has 1 aromatic heterocycles. The zero-order chi connectivity index (χ0) is 20.2. The Morgan fingerprint density at radius 1 is 1.03 bits per heavy atom. The van der Waals surface area contributed by atoms with Crippen molar-refractivity contribution in [3.05, 3.63) is 71.3 Å². The lowest BCUT2D eigenvalue weighted by molar-refractivity contribution is 0.256. The first-order valence-electron chi connectivity index (χ1n) is 10.2. The summed E-state index contributed by atoms with van der Waals surface area (Å²) in [5, 5.41) is 11.8. The molecule has 1 aliphatic heterocycles. The Labute approximate surface area is 171 Å². The van der Waals surface area contributed by atoms with Gasteiger partial charge in [-0.2, -0.15) is 0 Å². The molecule has 2 aromatic carbocycles. The highest BCUT2D eigenvalue weighted by Crippen LogP contribution is 2.22. The van der Waals surface area contributed by atoms with Crippen molar-refractivity contribution in [1.29, 1.82) is 0 Å². The minimum Gasteiger partial charge on any atom is -0.313 e. The molecule has 0 saturated carbocycles. The SMILES string of the molecule is Cc1ccc(N(Cc2nnc3n2CCCCC3)C(=O)Nc2cccc(C)c2)cc1. The van der Waals surface area contributed by atoms with Gasteiger partial charge in [0, 0.05) is 24.3 Å². The van der Waals surface area contributed by atoms with E-state index in [9.17, 15) is 4.79 Å². The van der Waals surface area contributed by atoms with Crippen molar-refractivity contribution in [2.75, 3.05) is 10.2 Å². The lowest BCUT2D eigenvalue weighted by atomic mass is 10.2. The topological polar surface area (TPSA) is 63.1 Å². The standard InChI is InChI=1S/C23H27N5O/c1-17-10-12-20(13-11-17)28(23(29)24-19-8-6-7-18(2)15-19)16-22-26-25-21-9-4-3-5-14-27(21)22/h6-8,10-13,15H,3-5,9,14,16H2,1-2H3,(H,24,29). The number of fused-ring (bicyclic) bond motifs is 1. The van der Waals surface area contributed by atoms with Crippen molar-refractivity contribution in [1.82, 2.24) is 14.8 Å². The van der Waals surface area contributed by atoms with Gasteiger partial charge in [0.15, 0.2) is 5.82 Å². The molecule has 0 bridgehead atoms. The maximum Gasteiger partial charge on any atom is 0.326 e. The zero-order valence-electron chi connectivity index (χ0n) is 17.1. The van der Waals surface area contributed by atoms with Gasteiger partial charge in [0.1, 0.15) is 5.82 Å². The van der Waals surface area contributed by atoms with Gasteiger partial charge in [0.25, 0.3) is 0 Å². The van der Waals surface area contributed by atoms with E-state index in [1.807, 2.05) is 62.4 Å². The van der Waals surface area contributed by atoms with Gasteiger partial charge in [-0.05, 0) is 56.5 Å². The molecule has 0 radical (unpaired) electrons. The summed E-state index contributed by atoms with van der Waals surface area (Å²) in [6, 6.07) is 15.6. The predicted octanol–water partition coefficient (Wildman–Crippen LogP) is 4.86. The van der Waals surface area contributed by atoms with Crippen LogP contribution in [0.5, 0.6) is 0 Å². The highest BCUT2D eigenvalue weighted by molar-refractivity contribution is 6.01. The summed E-state index contributed by atoms with van der Waals surface area (Å²) >= 11 is 0. The molecule has 4 rings (SSSR count). The molecule has 0 spiro atoms. The van der Waals surface area contributed by atoms with E-state index < -0.39 is 0 Å². The molecule has 6 nitrogen and oxygen atoms in total. The second-order valence-electron chi connectivity index (χ2n) is 7.72. The number of urea groups is 1. The van der Waals surface area contributed by atoms with Crippen LogP contribution in [0.25, 0.3) is 0 Å². The van der Waals surface area contributed by atoms with E-state index in [4.69, 9.17) is 0 Å². The number of rotatable bonds is 4. The fourth-order valence-corrected chi connectivity index (χ4v) is 3.72. The fraction of sp³-hybridized carbons (Fsp3) is 0.348. The van der Waals surface area contributed by atoms with Crippen LogP contribution in [0.4, 0.5) is 16.2 Å². The lowest BCUT2D eigenvalue weighted by Crippen LogP contribution is -2.35. The molecule has 6 heteroatoms. The van der Waals surface area contributed by atoms with Crippen LogP contribution >= 0.6 is 0 Å². The molecule has 0 unspecified atom stereocenters. The Hall–Kier alpha value is -3.15. The Kier molecular flexibility index (Phi) is 5.60. The Balaban J connectivity index is 1.63. The van der Waals surface area contributed by atoms with Gasteiger partial charge in [-0.3, -0.25) is 4.90 Å². The van der Waals surface area contributed by atoms with Crippen molar-refractivity contribution >= 4 is 17.4 Å². The molecule has 0 aliphatic carbocycles. The summed E-state index contributed by atoms with van der Waals surface area (Å²) in [7, 11) is 0. The fourth-order valence-electron chi connectivity index (χ4n) is 3.72. The van der Waals surface area contributed by atoms with Crippen LogP contribution in [0, 0.1) is 13.8 Å². The van der Waals surface area contributed by atoms with Gasteiger partial charge in [-0.15, -0.1) is 10.2 Å². The molecule has 0 saturated heterocycles. The van der Waals surface area contributed by atoms with Gasteiger partial charge in [-0.25, -0.2) is 4.79 Å². The number of benzene rings is 2. The number of nitrogens with one attached hydrogen (secondary N) is 1. The summed E-state index contributed by atoms with van der Waals surface area (Å²) in [6.07, 6.45) is 4.43. The normalized spacial score (nSPS) is 13.4. The average Bonchev–Trinajstić information content (AvgIpc) is 2.93. The van der Waals surface area contributed by atoms with Crippen molar-refractivity contribution in [3.63, 3.8) is 0 Å². The molecule has 0 fully saturated rings. The van der Waals surface area contributed by atoms with E-state index in [0.29, 0.717) is 6.54 Å². The van der Waals surface area contributed by atoms with E-state index in [0.717, 1.165) is 60.0 Å². The first kappa shape index (κ1) is 19.2. The van der Waals surface area contributed by atoms with Gasteiger partial charge >= 0.3 is 6.03 Å².